The lowest BCUT2D eigenvalue weighted by Gasteiger charge is -2.29. The van der Waals surface area contributed by atoms with E-state index in [0.717, 1.165) is 42.7 Å². The van der Waals surface area contributed by atoms with Crippen molar-refractivity contribution in [2.45, 2.75) is 18.8 Å². The third-order valence-electron chi connectivity index (χ3n) is 5.38. The van der Waals surface area contributed by atoms with Gasteiger partial charge < -0.3 is 15.0 Å². The third-order valence-corrected chi connectivity index (χ3v) is 5.38. The van der Waals surface area contributed by atoms with Gasteiger partial charge in [0.15, 0.2) is 0 Å². The van der Waals surface area contributed by atoms with Crippen LogP contribution in [0.25, 0.3) is 11.0 Å². The summed E-state index contributed by atoms with van der Waals surface area (Å²) in [7, 11) is 2.16. The van der Waals surface area contributed by atoms with Crippen LogP contribution in [0, 0.1) is 0 Å². The summed E-state index contributed by atoms with van der Waals surface area (Å²) in [6.07, 6.45) is 3.88. The van der Waals surface area contributed by atoms with Gasteiger partial charge in [0.2, 0.25) is 0 Å². The Bertz CT molecular complexity index is 930. The van der Waals surface area contributed by atoms with Crippen molar-refractivity contribution in [3.8, 4) is 5.75 Å². The van der Waals surface area contributed by atoms with Gasteiger partial charge in [0.1, 0.15) is 18.7 Å². The summed E-state index contributed by atoms with van der Waals surface area (Å²) in [4.78, 5) is 19.5. The number of nitrogens with one attached hydrogen (secondary N) is 1. The molecule has 6 heteroatoms. The Hall–Kier alpha value is -2.86. The minimum atomic E-state index is -0.181. The van der Waals surface area contributed by atoms with E-state index in [1.165, 1.54) is 5.56 Å². The van der Waals surface area contributed by atoms with E-state index in [1.807, 2.05) is 42.5 Å². The van der Waals surface area contributed by atoms with Crippen LogP contribution in [0.15, 0.2) is 54.9 Å². The van der Waals surface area contributed by atoms with Crippen LogP contribution in [-0.4, -0.2) is 53.8 Å². The van der Waals surface area contributed by atoms with Gasteiger partial charge in [-0.05, 0) is 62.7 Å². The molecule has 4 rings (SSSR count). The SMILES string of the molecule is CN1CCC(c2cccc3c2ncn3C(=O)NCCOc2ccccc2)CC1. The molecule has 3 aromatic rings. The van der Waals surface area contributed by atoms with Gasteiger partial charge in [-0.3, -0.25) is 4.57 Å². The lowest BCUT2D eigenvalue weighted by molar-refractivity contribution is 0.238. The maximum Gasteiger partial charge on any atom is 0.327 e. The monoisotopic (exact) mass is 378 g/mol. The number of hydrogen-bond donors (Lipinski definition) is 1. The molecule has 2 aromatic carbocycles. The fraction of sp³-hybridized carbons (Fsp3) is 0.364. The number of benzene rings is 2. The van der Waals surface area contributed by atoms with Crippen LogP contribution in [0.4, 0.5) is 4.79 Å². The van der Waals surface area contributed by atoms with Gasteiger partial charge in [-0.25, -0.2) is 9.78 Å². The molecule has 0 spiro atoms. The highest BCUT2D eigenvalue weighted by molar-refractivity contribution is 5.90. The van der Waals surface area contributed by atoms with Crippen LogP contribution in [-0.2, 0) is 0 Å². The predicted octanol–water partition coefficient (Wildman–Crippen LogP) is 3.48. The molecule has 1 fully saturated rings. The van der Waals surface area contributed by atoms with E-state index in [2.05, 4.69) is 28.3 Å². The molecule has 0 atom stereocenters. The minimum absolute atomic E-state index is 0.181. The van der Waals surface area contributed by atoms with Crippen molar-refractivity contribution in [1.29, 1.82) is 0 Å². The Morgan fingerprint density at radius 1 is 1.14 bits per heavy atom. The van der Waals surface area contributed by atoms with Gasteiger partial charge in [0, 0.05) is 0 Å². The second-order valence-electron chi connectivity index (χ2n) is 7.30. The quantitative estimate of drug-likeness (QED) is 0.691. The highest BCUT2D eigenvalue weighted by atomic mass is 16.5. The molecule has 1 aliphatic heterocycles. The summed E-state index contributed by atoms with van der Waals surface area (Å²) in [5.74, 6) is 1.30. The molecule has 1 aliphatic rings. The average molecular weight is 378 g/mol. The zero-order valence-electron chi connectivity index (χ0n) is 16.2. The first-order chi connectivity index (χ1) is 13.7. The Kier molecular flexibility index (Phi) is 5.58. The summed E-state index contributed by atoms with van der Waals surface area (Å²) in [6, 6.07) is 15.5. The zero-order chi connectivity index (χ0) is 19.3. The second kappa shape index (κ2) is 8.44. The van der Waals surface area contributed by atoms with Gasteiger partial charge in [0.05, 0.1) is 17.6 Å². The number of nitrogens with zero attached hydrogens (tertiary/aromatic N) is 3. The first-order valence-electron chi connectivity index (χ1n) is 9.83. The number of amides is 1. The van der Waals surface area contributed by atoms with Gasteiger partial charge in [-0.1, -0.05) is 30.3 Å². The molecule has 0 saturated carbocycles. The van der Waals surface area contributed by atoms with Crippen molar-refractivity contribution in [1.82, 2.24) is 19.8 Å². The number of fused-ring (bicyclic) bond motifs is 1. The summed E-state index contributed by atoms with van der Waals surface area (Å²) in [6.45, 7) is 3.05. The number of rotatable bonds is 5. The van der Waals surface area contributed by atoms with Crippen LogP contribution in [0.1, 0.15) is 24.3 Å². The number of hydrogen-bond acceptors (Lipinski definition) is 4. The number of carbonyl (C=O) groups excluding carboxylic acids is 1. The molecule has 146 valence electrons. The number of para-hydroxylation sites is 2. The van der Waals surface area contributed by atoms with Crippen LogP contribution in [0.5, 0.6) is 5.75 Å². The Morgan fingerprint density at radius 3 is 2.71 bits per heavy atom. The number of aromatic nitrogens is 2. The van der Waals surface area contributed by atoms with Crippen molar-refractivity contribution in [3.63, 3.8) is 0 Å². The summed E-state index contributed by atoms with van der Waals surface area (Å²) >= 11 is 0. The highest BCUT2D eigenvalue weighted by Crippen LogP contribution is 2.32. The van der Waals surface area contributed by atoms with Gasteiger partial charge >= 0.3 is 6.03 Å². The first kappa shape index (κ1) is 18.5. The van der Waals surface area contributed by atoms with Gasteiger partial charge in [0.25, 0.3) is 0 Å². The Balaban J connectivity index is 1.41. The van der Waals surface area contributed by atoms with Crippen LogP contribution >= 0.6 is 0 Å². The van der Waals surface area contributed by atoms with E-state index < -0.39 is 0 Å². The fourth-order valence-electron chi connectivity index (χ4n) is 3.80. The van der Waals surface area contributed by atoms with Crippen molar-refractivity contribution < 1.29 is 9.53 Å². The minimum Gasteiger partial charge on any atom is -0.492 e. The van der Waals surface area contributed by atoms with Crippen molar-refractivity contribution in [3.05, 3.63) is 60.4 Å². The molecular formula is C22H26N4O2. The van der Waals surface area contributed by atoms with E-state index >= 15 is 0 Å². The fourth-order valence-corrected chi connectivity index (χ4v) is 3.80. The van der Waals surface area contributed by atoms with Crippen molar-refractivity contribution in [2.24, 2.45) is 0 Å². The summed E-state index contributed by atoms with van der Waals surface area (Å²) < 4.78 is 7.22. The number of imidazole rings is 1. The van der Waals surface area contributed by atoms with E-state index in [-0.39, 0.29) is 6.03 Å². The first-order valence-corrected chi connectivity index (χ1v) is 9.83. The molecule has 1 saturated heterocycles. The summed E-state index contributed by atoms with van der Waals surface area (Å²) in [5, 5.41) is 2.90. The third kappa shape index (κ3) is 4.02. The normalized spacial score (nSPS) is 15.6. The van der Waals surface area contributed by atoms with E-state index in [0.29, 0.717) is 19.1 Å². The molecule has 6 nitrogen and oxygen atoms in total. The van der Waals surface area contributed by atoms with Crippen LogP contribution in [0.3, 0.4) is 0 Å². The lowest BCUT2D eigenvalue weighted by atomic mass is 9.89. The topological polar surface area (TPSA) is 59.4 Å². The molecular weight excluding hydrogens is 352 g/mol. The maximum atomic E-state index is 12.6. The maximum absolute atomic E-state index is 12.6. The number of carbonyl (C=O) groups is 1. The van der Waals surface area contributed by atoms with Gasteiger partial charge in [-0.2, -0.15) is 0 Å². The molecule has 0 radical (unpaired) electrons. The Morgan fingerprint density at radius 2 is 1.93 bits per heavy atom. The zero-order valence-corrected chi connectivity index (χ0v) is 16.2. The summed E-state index contributed by atoms with van der Waals surface area (Å²) in [5.41, 5.74) is 3.05. The number of piperidine rings is 1. The molecule has 1 N–H and O–H groups in total. The molecule has 0 bridgehead atoms. The molecule has 2 heterocycles. The van der Waals surface area contributed by atoms with Gasteiger partial charge in [-0.15, -0.1) is 0 Å². The molecule has 1 aromatic heterocycles. The highest BCUT2D eigenvalue weighted by Gasteiger charge is 2.22. The predicted molar refractivity (Wildman–Crippen MR) is 110 cm³/mol. The lowest BCUT2D eigenvalue weighted by Crippen LogP contribution is -2.31. The largest absolute Gasteiger partial charge is 0.492 e. The number of ether oxygens (including phenoxy) is 1. The van der Waals surface area contributed by atoms with E-state index in [4.69, 9.17) is 4.74 Å². The molecule has 28 heavy (non-hydrogen) atoms. The van der Waals surface area contributed by atoms with E-state index in [9.17, 15) is 4.79 Å². The average Bonchev–Trinajstić information content (AvgIpc) is 3.17. The van der Waals surface area contributed by atoms with Crippen LogP contribution in [0.2, 0.25) is 0 Å². The van der Waals surface area contributed by atoms with Crippen molar-refractivity contribution >= 4 is 17.1 Å². The molecule has 1 amide bonds. The Labute approximate surface area is 165 Å². The van der Waals surface area contributed by atoms with Crippen LogP contribution < -0.4 is 10.1 Å². The number of likely N-dealkylation sites (tertiary alicyclic amines) is 1. The van der Waals surface area contributed by atoms with E-state index in [1.54, 1.807) is 10.9 Å². The smallest absolute Gasteiger partial charge is 0.327 e. The standard InChI is InChI=1S/C22H26N4O2/c1-25-13-10-17(11-14-25)19-8-5-9-20-21(19)24-16-26(20)22(27)23-12-15-28-18-6-3-2-4-7-18/h2-9,16-17H,10-15H2,1H3,(H,23,27). The molecule has 0 unspecified atom stereocenters. The molecule has 0 aliphatic carbocycles. The van der Waals surface area contributed by atoms with Crippen molar-refractivity contribution in [2.75, 3.05) is 33.3 Å². The second-order valence-corrected chi connectivity index (χ2v) is 7.30.